The molecule has 1 N–H and O–H groups in total. The Morgan fingerprint density at radius 1 is 1.55 bits per heavy atom. The second-order valence-electron chi connectivity index (χ2n) is 2.10. The van der Waals surface area contributed by atoms with Gasteiger partial charge in [-0.25, -0.2) is 0 Å². The summed E-state index contributed by atoms with van der Waals surface area (Å²) in [7, 11) is 0. The maximum absolute atomic E-state index is 10.6. The molecular weight excluding hydrogens is 144 g/mol. The first-order chi connectivity index (χ1) is 5.36. The van der Waals surface area contributed by atoms with Crippen molar-refractivity contribution in [1.82, 2.24) is 10.2 Å². The number of allylic oxidation sites excluding steroid dienone is 1. The van der Waals surface area contributed by atoms with Gasteiger partial charge < -0.3 is 0 Å². The second-order valence-corrected chi connectivity index (χ2v) is 2.10. The summed E-state index contributed by atoms with van der Waals surface area (Å²) in [6, 6.07) is 1.77. The number of nitrogens with zero attached hydrogens (tertiary/aromatic N) is 3. The van der Waals surface area contributed by atoms with Crippen LogP contribution in [0.25, 0.3) is 5.57 Å². The molecule has 0 spiro atoms. The quantitative estimate of drug-likeness (QED) is 0.592. The summed E-state index contributed by atoms with van der Waals surface area (Å²) in [6.45, 7) is 0. The lowest BCUT2D eigenvalue weighted by Gasteiger charge is -1.82. The lowest BCUT2D eigenvalue weighted by Crippen LogP contribution is -1.82. The Hall–Kier alpha value is -1.78. The van der Waals surface area contributed by atoms with Gasteiger partial charge in [-0.15, -0.1) is 0 Å². The Kier molecular flexibility index (Phi) is 1.15. The van der Waals surface area contributed by atoms with Crippen LogP contribution in [0.4, 0.5) is 0 Å². The third-order valence-electron chi connectivity index (χ3n) is 1.37. The van der Waals surface area contributed by atoms with Crippen LogP contribution in [0.2, 0.25) is 0 Å². The van der Waals surface area contributed by atoms with Crippen molar-refractivity contribution in [3.05, 3.63) is 29.1 Å². The molecule has 0 fully saturated rings. The van der Waals surface area contributed by atoms with Crippen LogP contribution in [0.3, 0.4) is 0 Å². The maximum atomic E-state index is 10.6. The van der Waals surface area contributed by atoms with E-state index in [-0.39, 0.29) is 0 Å². The SMILES string of the molecule is O=[N+]1C=C(c2ccn[nH]2)C=N1. The zero-order chi connectivity index (χ0) is 7.68. The fraction of sp³-hybridized carbons (Fsp3) is 0. The molecule has 0 radical (unpaired) electrons. The number of rotatable bonds is 1. The molecule has 5 heteroatoms. The van der Waals surface area contributed by atoms with Crippen molar-refractivity contribution in [2.45, 2.75) is 0 Å². The molecule has 0 saturated carbocycles. The minimum Gasteiger partial charge on any atom is -0.278 e. The Bertz CT molecular complexity index is 335. The average molecular weight is 149 g/mol. The summed E-state index contributed by atoms with van der Waals surface area (Å²) < 4.78 is 0. The van der Waals surface area contributed by atoms with Gasteiger partial charge in [-0.2, -0.15) is 5.10 Å². The number of nitroso groups, excluding NO2 is 1. The summed E-state index contributed by atoms with van der Waals surface area (Å²) >= 11 is 0. The van der Waals surface area contributed by atoms with Gasteiger partial charge in [0.15, 0.2) is 4.87 Å². The van der Waals surface area contributed by atoms with Gasteiger partial charge in [0.25, 0.3) is 6.20 Å². The van der Waals surface area contributed by atoms with Crippen LogP contribution in [-0.2, 0) is 0 Å². The van der Waals surface area contributed by atoms with Crippen LogP contribution >= 0.6 is 0 Å². The standard InChI is InChI=1S/C6H5N4O/c11-10-4-5(3-8-10)6-1-2-7-9-6/h1-4H,(H,7,9)/q+1. The summed E-state index contributed by atoms with van der Waals surface area (Å²) in [6.07, 6.45) is 4.49. The number of H-pyrrole nitrogens is 1. The van der Waals surface area contributed by atoms with Gasteiger partial charge in [0.1, 0.15) is 6.21 Å². The predicted octanol–water partition coefficient (Wildman–Crippen LogP) is 0.529. The highest BCUT2D eigenvalue weighted by molar-refractivity contribution is 6.09. The van der Waals surface area contributed by atoms with Crippen molar-refractivity contribution in [3.8, 4) is 0 Å². The Labute approximate surface area is 62.0 Å². The molecule has 0 bridgehead atoms. The van der Waals surface area contributed by atoms with Crippen molar-refractivity contribution in [3.63, 3.8) is 0 Å². The Morgan fingerprint density at radius 2 is 2.45 bits per heavy atom. The van der Waals surface area contributed by atoms with E-state index in [0.29, 0.717) is 4.87 Å². The lowest BCUT2D eigenvalue weighted by molar-refractivity contribution is -0.479. The maximum Gasteiger partial charge on any atom is 0.271 e. The topological polar surface area (TPSA) is 61.1 Å². The first-order valence-electron chi connectivity index (χ1n) is 3.08. The molecule has 0 atom stereocenters. The molecule has 0 unspecified atom stereocenters. The zero-order valence-electron chi connectivity index (χ0n) is 5.56. The molecule has 2 rings (SSSR count). The monoisotopic (exact) mass is 149 g/mol. The summed E-state index contributed by atoms with van der Waals surface area (Å²) in [4.78, 5) is 11.1. The largest absolute Gasteiger partial charge is 0.278 e. The third-order valence-corrected chi connectivity index (χ3v) is 1.37. The van der Waals surface area contributed by atoms with E-state index in [4.69, 9.17) is 0 Å². The van der Waals surface area contributed by atoms with E-state index in [0.717, 1.165) is 11.3 Å². The minimum atomic E-state index is 0.510. The lowest BCUT2D eigenvalue weighted by atomic mass is 10.2. The molecule has 1 aliphatic rings. The van der Waals surface area contributed by atoms with Crippen molar-refractivity contribution < 1.29 is 4.87 Å². The number of hydrogen-bond donors (Lipinski definition) is 1. The van der Waals surface area contributed by atoms with Gasteiger partial charge in [0.2, 0.25) is 0 Å². The van der Waals surface area contributed by atoms with E-state index in [1.54, 1.807) is 12.3 Å². The number of aromatic amines is 1. The molecule has 2 heterocycles. The van der Waals surface area contributed by atoms with Crippen LogP contribution in [0, 0.1) is 4.91 Å². The molecule has 1 aliphatic heterocycles. The summed E-state index contributed by atoms with van der Waals surface area (Å²) in [5.74, 6) is 0. The number of hydrazone groups is 1. The molecule has 0 amide bonds. The molecule has 5 nitrogen and oxygen atoms in total. The number of hydrogen-bond acceptors (Lipinski definition) is 2. The van der Waals surface area contributed by atoms with Crippen molar-refractivity contribution in [1.29, 1.82) is 0 Å². The van der Waals surface area contributed by atoms with Crippen molar-refractivity contribution in [2.24, 2.45) is 5.10 Å². The smallest absolute Gasteiger partial charge is 0.271 e. The molecule has 54 valence electrons. The van der Waals surface area contributed by atoms with Crippen LogP contribution in [-0.4, -0.2) is 21.3 Å². The first-order valence-corrected chi connectivity index (χ1v) is 3.08. The second kappa shape index (κ2) is 2.12. The highest BCUT2D eigenvalue weighted by Gasteiger charge is 2.15. The summed E-state index contributed by atoms with van der Waals surface area (Å²) in [5.41, 5.74) is 1.55. The van der Waals surface area contributed by atoms with E-state index >= 15 is 0 Å². The van der Waals surface area contributed by atoms with Gasteiger partial charge in [-0.1, -0.05) is 0 Å². The minimum absolute atomic E-state index is 0.510. The van der Waals surface area contributed by atoms with Crippen molar-refractivity contribution in [2.75, 3.05) is 0 Å². The van der Waals surface area contributed by atoms with Crippen LogP contribution in [0.1, 0.15) is 5.69 Å². The highest BCUT2D eigenvalue weighted by Crippen LogP contribution is 2.11. The fourth-order valence-corrected chi connectivity index (χ4v) is 0.860. The Morgan fingerprint density at radius 3 is 3.00 bits per heavy atom. The van der Waals surface area contributed by atoms with Gasteiger partial charge in [-0.05, 0) is 6.07 Å². The summed E-state index contributed by atoms with van der Waals surface area (Å²) in [5, 5.41) is 9.95. The van der Waals surface area contributed by atoms with Gasteiger partial charge in [-0.3, -0.25) is 5.10 Å². The van der Waals surface area contributed by atoms with E-state index in [2.05, 4.69) is 15.3 Å². The predicted molar refractivity (Wildman–Crippen MR) is 38.7 cm³/mol. The van der Waals surface area contributed by atoms with E-state index in [1.807, 2.05) is 0 Å². The van der Waals surface area contributed by atoms with Gasteiger partial charge in [0, 0.05) is 11.3 Å². The Balaban J connectivity index is 2.40. The first kappa shape index (κ1) is 5.96. The molecular formula is C6H5N4O+. The molecule has 11 heavy (non-hydrogen) atoms. The van der Waals surface area contributed by atoms with Crippen LogP contribution in [0.15, 0.2) is 23.6 Å². The number of nitrogens with one attached hydrogen (secondary N) is 1. The molecule has 1 aromatic heterocycles. The van der Waals surface area contributed by atoms with Gasteiger partial charge >= 0.3 is 0 Å². The van der Waals surface area contributed by atoms with Gasteiger partial charge in [0.05, 0.1) is 16.2 Å². The molecule has 0 saturated heterocycles. The number of aromatic nitrogens is 2. The molecule has 0 aromatic carbocycles. The average Bonchev–Trinajstić information content (AvgIpc) is 2.55. The third kappa shape index (κ3) is 0.958. The van der Waals surface area contributed by atoms with E-state index in [1.165, 1.54) is 12.4 Å². The van der Waals surface area contributed by atoms with Crippen LogP contribution in [0.5, 0.6) is 0 Å². The van der Waals surface area contributed by atoms with E-state index < -0.39 is 0 Å². The normalized spacial score (nSPS) is 15.6. The van der Waals surface area contributed by atoms with Crippen LogP contribution < -0.4 is 0 Å². The molecule has 1 aromatic rings. The van der Waals surface area contributed by atoms with E-state index in [9.17, 15) is 4.91 Å². The molecule has 0 aliphatic carbocycles. The fourth-order valence-electron chi connectivity index (χ4n) is 0.860. The highest BCUT2D eigenvalue weighted by atomic mass is 16.3. The van der Waals surface area contributed by atoms with Crippen molar-refractivity contribution >= 4 is 11.8 Å². The zero-order valence-corrected chi connectivity index (χ0v) is 5.56.